The average molecular weight is 464 g/mol. The second-order valence-corrected chi connectivity index (χ2v) is 8.88. The summed E-state index contributed by atoms with van der Waals surface area (Å²) in [5.74, 6) is 2.06. The van der Waals surface area contributed by atoms with Crippen LogP contribution in [0.2, 0.25) is 5.02 Å². The lowest BCUT2D eigenvalue weighted by atomic mass is 9.81. The molecule has 34 heavy (non-hydrogen) atoms. The van der Waals surface area contributed by atoms with Crippen LogP contribution in [0.1, 0.15) is 34.6 Å². The molecule has 0 aliphatic carbocycles. The van der Waals surface area contributed by atoms with E-state index in [0.29, 0.717) is 16.7 Å². The number of rotatable bonds is 2. The van der Waals surface area contributed by atoms with E-state index in [1.54, 1.807) is 0 Å². The highest BCUT2D eigenvalue weighted by atomic mass is 35.5. The van der Waals surface area contributed by atoms with Gasteiger partial charge in [-0.1, -0.05) is 90.5 Å². The van der Waals surface area contributed by atoms with Gasteiger partial charge in [0.1, 0.15) is 5.75 Å². The van der Waals surface area contributed by atoms with E-state index in [4.69, 9.17) is 16.3 Å². The molecule has 0 saturated heterocycles. The van der Waals surface area contributed by atoms with E-state index in [2.05, 4.69) is 69.4 Å². The van der Waals surface area contributed by atoms with Crippen molar-refractivity contribution in [3.63, 3.8) is 0 Å². The fourth-order valence-electron chi connectivity index (χ4n) is 4.97. The van der Waals surface area contributed by atoms with E-state index in [9.17, 15) is 0 Å². The van der Waals surface area contributed by atoms with E-state index in [1.165, 1.54) is 0 Å². The smallest absolute Gasteiger partial charge is 0.203 e. The molecule has 0 spiro atoms. The Hall–Kier alpha value is -4.16. The number of aromatic nitrogens is 4. The maximum Gasteiger partial charge on any atom is 0.203 e. The normalized spacial score (nSPS) is 18.5. The Kier molecular flexibility index (Phi) is 4.22. The third-order valence-electron chi connectivity index (χ3n) is 6.52. The number of hydrogen-bond acceptors (Lipinski definition) is 5. The van der Waals surface area contributed by atoms with Gasteiger partial charge in [0.2, 0.25) is 5.88 Å². The molecule has 6 nitrogen and oxygen atoms in total. The monoisotopic (exact) mass is 463 g/mol. The van der Waals surface area contributed by atoms with Gasteiger partial charge in [-0.15, -0.1) is 5.10 Å². The summed E-state index contributed by atoms with van der Waals surface area (Å²) in [6, 6.07) is 30.6. The van der Waals surface area contributed by atoms with E-state index in [0.717, 1.165) is 38.8 Å². The van der Waals surface area contributed by atoms with E-state index in [-0.39, 0.29) is 12.1 Å². The zero-order valence-electron chi connectivity index (χ0n) is 17.9. The van der Waals surface area contributed by atoms with Crippen molar-refractivity contribution >= 4 is 27.9 Å². The predicted octanol–water partition coefficient (Wildman–Crippen LogP) is 5.52. The molecule has 0 fully saturated rings. The van der Waals surface area contributed by atoms with Crippen molar-refractivity contribution in [2.75, 3.05) is 0 Å². The van der Waals surface area contributed by atoms with Gasteiger partial charge in [-0.05, 0) is 39.1 Å². The molecule has 0 amide bonds. The van der Waals surface area contributed by atoms with Crippen molar-refractivity contribution < 1.29 is 4.74 Å². The maximum atomic E-state index is 6.64. The highest BCUT2D eigenvalue weighted by molar-refractivity contribution is 6.30. The van der Waals surface area contributed by atoms with Gasteiger partial charge in [0.25, 0.3) is 0 Å². The third-order valence-corrected chi connectivity index (χ3v) is 6.78. The van der Waals surface area contributed by atoms with E-state index >= 15 is 0 Å². The van der Waals surface area contributed by atoms with Crippen LogP contribution in [0.3, 0.4) is 0 Å². The summed E-state index contributed by atoms with van der Waals surface area (Å²) in [6.07, 6.45) is -0.285. The quantitative estimate of drug-likeness (QED) is 0.373. The van der Waals surface area contributed by atoms with E-state index in [1.807, 2.05) is 47.1 Å². The third kappa shape index (κ3) is 2.85. The van der Waals surface area contributed by atoms with E-state index < -0.39 is 0 Å². The minimum absolute atomic E-state index is 0.130. The second-order valence-electron chi connectivity index (χ2n) is 8.44. The van der Waals surface area contributed by atoms with Gasteiger partial charge in [-0.25, -0.2) is 0 Å². The molecule has 164 valence electrons. The van der Waals surface area contributed by atoms with Crippen molar-refractivity contribution in [1.82, 2.24) is 25.5 Å². The summed E-state index contributed by atoms with van der Waals surface area (Å²) < 4.78 is 8.46. The lowest BCUT2D eigenvalue weighted by molar-refractivity contribution is 0.308. The molecule has 0 bridgehead atoms. The first-order valence-electron chi connectivity index (χ1n) is 11.1. The molecule has 3 heterocycles. The minimum Gasteiger partial charge on any atom is -0.440 e. The maximum absolute atomic E-state index is 6.64. The second kappa shape index (κ2) is 7.43. The number of fused-ring (bicyclic) bond motifs is 5. The lowest BCUT2D eigenvalue weighted by Crippen LogP contribution is -2.38. The minimum atomic E-state index is -0.285. The summed E-state index contributed by atoms with van der Waals surface area (Å²) in [7, 11) is 0. The first-order valence-corrected chi connectivity index (χ1v) is 11.4. The van der Waals surface area contributed by atoms with Crippen molar-refractivity contribution in [3.05, 3.63) is 124 Å². The van der Waals surface area contributed by atoms with Crippen LogP contribution in [0.15, 0.2) is 96.9 Å². The standard InChI is InChI=1S/C27H18ClN5O/c28-19-13-10-17(11-14-19)22-21-15-12-16-6-4-5-9-20(16)24(21)34-27-23(22)26-30-31-32-33(26)25(29-27)18-7-2-1-3-8-18/h1-15,22,25,29H. The molecular weight excluding hydrogens is 446 g/mol. The number of halogens is 1. The molecular formula is C27H18ClN5O. The topological polar surface area (TPSA) is 64.9 Å². The van der Waals surface area contributed by atoms with Gasteiger partial charge in [0, 0.05) is 21.9 Å². The Bertz CT molecular complexity index is 1580. The molecule has 0 radical (unpaired) electrons. The Morgan fingerprint density at radius 3 is 2.47 bits per heavy atom. The summed E-state index contributed by atoms with van der Waals surface area (Å²) >= 11 is 6.23. The van der Waals surface area contributed by atoms with Crippen molar-refractivity contribution in [2.45, 2.75) is 12.1 Å². The Balaban J connectivity index is 1.49. The highest BCUT2D eigenvalue weighted by Gasteiger charge is 2.41. The number of tetrazole rings is 1. The molecule has 1 aromatic heterocycles. The van der Waals surface area contributed by atoms with Gasteiger partial charge in [-0.2, -0.15) is 4.68 Å². The fraction of sp³-hybridized carbons (Fsp3) is 0.0741. The van der Waals surface area contributed by atoms with Gasteiger partial charge >= 0.3 is 0 Å². The molecule has 2 aliphatic rings. The summed E-state index contributed by atoms with van der Waals surface area (Å²) in [5.41, 5.74) is 4.10. The lowest BCUT2D eigenvalue weighted by Gasteiger charge is -2.36. The average Bonchev–Trinajstić information content (AvgIpc) is 3.38. The summed E-state index contributed by atoms with van der Waals surface area (Å²) in [6.45, 7) is 0. The van der Waals surface area contributed by atoms with Crippen LogP contribution >= 0.6 is 11.6 Å². The van der Waals surface area contributed by atoms with Crippen LogP contribution in [-0.2, 0) is 0 Å². The number of hydrogen-bond donors (Lipinski definition) is 1. The zero-order chi connectivity index (χ0) is 22.6. The molecule has 5 aromatic rings. The van der Waals surface area contributed by atoms with Crippen LogP contribution < -0.4 is 10.1 Å². The number of benzene rings is 4. The van der Waals surface area contributed by atoms with Crippen LogP contribution in [0, 0.1) is 0 Å². The Morgan fingerprint density at radius 2 is 1.62 bits per heavy atom. The zero-order valence-corrected chi connectivity index (χ0v) is 18.6. The van der Waals surface area contributed by atoms with Gasteiger partial charge in [0.15, 0.2) is 12.0 Å². The van der Waals surface area contributed by atoms with Crippen LogP contribution in [0.4, 0.5) is 0 Å². The summed E-state index contributed by atoms with van der Waals surface area (Å²) in [4.78, 5) is 0. The van der Waals surface area contributed by atoms with Crippen molar-refractivity contribution in [2.24, 2.45) is 0 Å². The summed E-state index contributed by atoms with van der Waals surface area (Å²) in [5, 5.41) is 19.3. The fourth-order valence-corrected chi connectivity index (χ4v) is 5.10. The molecule has 4 aromatic carbocycles. The Morgan fingerprint density at radius 1 is 0.824 bits per heavy atom. The van der Waals surface area contributed by atoms with Crippen molar-refractivity contribution in [3.8, 4) is 5.75 Å². The molecule has 2 atom stereocenters. The molecule has 7 heteroatoms. The van der Waals surface area contributed by atoms with Gasteiger partial charge in [-0.3, -0.25) is 0 Å². The molecule has 7 rings (SSSR count). The molecule has 2 unspecified atom stereocenters. The highest BCUT2D eigenvalue weighted by Crippen LogP contribution is 2.50. The van der Waals surface area contributed by atoms with Crippen LogP contribution in [0.5, 0.6) is 5.75 Å². The molecule has 1 N–H and O–H groups in total. The van der Waals surface area contributed by atoms with Gasteiger partial charge < -0.3 is 10.1 Å². The molecule has 2 aliphatic heterocycles. The van der Waals surface area contributed by atoms with Gasteiger partial charge in [0.05, 0.1) is 5.57 Å². The van der Waals surface area contributed by atoms with Crippen LogP contribution in [-0.4, -0.2) is 20.2 Å². The first-order chi connectivity index (χ1) is 16.8. The number of nitrogens with one attached hydrogen (secondary N) is 1. The Labute approximate surface area is 200 Å². The number of ether oxygens (including phenoxy) is 1. The predicted molar refractivity (Wildman–Crippen MR) is 130 cm³/mol. The van der Waals surface area contributed by atoms with Crippen LogP contribution in [0.25, 0.3) is 16.3 Å². The SMILES string of the molecule is Clc1ccc(C2C3=C(NC(c4ccccc4)n4nnnc43)Oc3c2ccc2ccccc32)cc1. The number of allylic oxidation sites excluding steroid dienone is 1. The number of nitrogens with zero attached hydrogens (tertiary/aromatic N) is 4. The molecule has 0 saturated carbocycles. The van der Waals surface area contributed by atoms with Crippen molar-refractivity contribution in [1.29, 1.82) is 0 Å². The first kappa shape index (κ1) is 19.3. The largest absolute Gasteiger partial charge is 0.440 e.